The largest absolute Gasteiger partial charge is 0.481 e. The number of thioether (sulfide) groups is 1. The molecule has 0 aromatic carbocycles. The third-order valence-electron chi connectivity index (χ3n) is 2.29. The number of imidazole rings is 1. The topological polar surface area (TPSA) is 85.8 Å². The fourth-order valence-corrected chi connectivity index (χ4v) is 2.25. The maximum atomic E-state index is 10.6. The molecule has 0 fully saturated rings. The molecule has 0 bridgehead atoms. The lowest BCUT2D eigenvalue weighted by molar-refractivity contribution is -0.133. The minimum absolute atomic E-state index is 0.0274. The number of rotatable bonds is 5. The quantitative estimate of drug-likeness (QED) is 0.809. The highest BCUT2D eigenvalue weighted by molar-refractivity contribution is 7.99. The molecule has 8 heteroatoms. The Morgan fingerprint density at radius 1 is 1.50 bits per heavy atom. The molecule has 7 nitrogen and oxygen atoms in total. The van der Waals surface area contributed by atoms with E-state index in [1.54, 1.807) is 6.33 Å². The van der Waals surface area contributed by atoms with E-state index in [0.29, 0.717) is 17.5 Å². The van der Waals surface area contributed by atoms with Crippen LogP contribution in [0.25, 0.3) is 11.5 Å². The van der Waals surface area contributed by atoms with Gasteiger partial charge in [-0.05, 0) is 6.92 Å². The van der Waals surface area contributed by atoms with Crippen LogP contribution in [0, 0.1) is 0 Å². The highest BCUT2D eigenvalue weighted by Gasteiger charge is 2.15. The van der Waals surface area contributed by atoms with Crippen LogP contribution < -0.4 is 0 Å². The van der Waals surface area contributed by atoms with Gasteiger partial charge in [-0.2, -0.15) is 0 Å². The maximum absolute atomic E-state index is 10.6. The van der Waals surface area contributed by atoms with Gasteiger partial charge in [-0.1, -0.05) is 11.8 Å². The number of carboxylic acids is 1. The molecule has 0 unspecified atom stereocenters. The summed E-state index contributed by atoms with van der Waals surface area (Å²) >= 11 is 1.16. The van der Waals surface area contributed by atoms with Gasteiger partial charge < -0.3 is 14.2 Å². The SMILES string of the molecule is CCn1c(SCC(=O)O)nnc1-c1cn(C)cn1. The molecule has 2 heterocycles. The molecule has 0 aliphatic heterocycles. The van der Waals surface area contributed by atoms with Crippen molar-refractivity contribution in [1.29, 1.82) is 0 Å². The molecule has 0 amide bonds. The number of aliphatic carboxylic acids is 1. The van der Waals surface area contributed by atoms with Gasteiger partial charge in [0.2, 0.25) is 0 Å². The van der Waals surface area contributed by atoms with Crippen LogP contribution in [0.2, 0.25) is 0 Å². The highest BCUT2D eigenvalue weighted by atomic mass is 32.2. The zero-order chi connectivity index (χ0) is 13.1. The van der Waals surface area contributed by atoms with Crippen molar-refractivity contribution in [3.05, 3.63) is 12.5 Å². The predicted molar refractivity (Wildman–Crippen MR) is 66.3 cm³/mol. The van der Waals surface area contributed by atoms with E-state index in [4.69, 9.17) is 5.11 Å². The summed E-state index contributed by atoms with van der Waals surface area (Å²) in [5, 5.41) is 17.3. The van der Waals surface area contributed by atoms with Crippen LogP contribution in [0.3, 0.4) is 0 Å². The van der Waals surface area contributed by atoms with E-state index in [1.165, 1.54) is 0 Å². The number of carbonyl (C=O) groups is 1. The molecule has 1 N–H and O–H groups in total. The maximum Gasteiger partial charge on any atom is 0.313 e. The predicted octanol–water partition coefficient (Wildman–Crippen LogP) is 0.875. The molecule has 0 saturated heterocycles. The van der Waals surface area contributed by atoms with Crippen molar-refractivity contribution in [2.75, 3.05) is 5.75 Å². The van der Waals surface area contributed by atoms with E-state index in [9.17, 15) is 4.79 Å². The van der Waals surface area contributed by atoms with Gasteiger partial charge in [0.1, 0.15) is 5.69 Å². The minimum atomic E-state index is -0.870. The summed E-state index contributed by atoms with van der Waals surface area (Å²) in [6.45, 7) is 2.63. The van der Waals surface area contributed by atoms with E-state index in [0.717, 1.165) is 17.5 Å². The molecule has 0 spiro atoms. The Morgan fingerprint density at radius 2 is 2.28 bits per heavy atom. The minimum Gasteiger partial charge on any atom is -0.481 e. The Kier molecular flexibility index (Phi) is 3.66. The van der Waals surface area contributed by atoms with Crippen LogP contribution in [0.15, 0.2) is 17.7 Å². The molecular formula is C10H13N5O2S. The van der Waals surface area contributed by atoms with Gasteiger partial charge in [-0.3, -0.25) is 4.79 Å². The third-order valence-corrected chi connectivity index (χ3v) is 3.24. The molecule has 0 aliphatic rings. The van der Waals surface area contributed by atoms with Gasteiger partial charge in [-0.15, -0.1) is 10.2 Å². The van der Waals surface area contributed by atoms with Crippen molar-refractivity contribution in [3.63, 3.8) is 0 Å². The van der Waals surface area contributed by atoms with Gasteiger partial charge in [0.15, 0.2) is 11.0 Å². The van der Waals surface area contributed by atoms with Gasteiger partial charge in [0, 0.05) is 19.8 Å². The van der Waals surface area contributed by atoms with Crippen LogP contribution in [0.1, 0.15) is 6.92 Å². The average Bonchev–Trinajstić information content (AvgIpc) is 2.91. The average molecular weight is 267 g/mol. The first-order valence-electron chi connectivity index (χ1n) is 5.38. The molecule has 2 aromatic rings. The van der Waals surface area contributed by atoms with Gasteiger partial charge >= 0.3 is 5.97 Å². The summed E-state index contributed by atoms with van der Waals surface area (Å²) < 4.78 is 3.68. The monoisotopic (exact) mass is 267 g/mol. The van der Waals surface area contributed by atoms with Crippen LogP contribution in [0.5, 0.6) is 0 Å². The summed E-state index contributed by atoms with van der Waals surface area (Å²) in [5.74, 6) is -0.239. The number of nitrogens with zero attached hydrogens (tertiary/aromatic N) is 5. The molecule has 96 valence electrons. The zero-order valence-electron chi connectivity index (χ0n) is 10.1. The van der Waals surface area contributed by atoms with E-state index in [-0.39, 0.29) is 5.75 Å². The van der Waals surface area contributed by atoms with Crippen molar-refractivity contribution in [3.8, 4) is 11.5 Å². The lowest BCUT2D eigenvalue weighted by Crippen LogP contribution is -2.03. The third kappa shape index (κ3) is 2.53. The van der Waals surface area contributed by atoms with E-state index >= 15 is 0 Å². The second-order valence-electron chi connectivity index (χ2n) is 3.66. The molecule has 0 saturated carbocycles. The van der Waals surface area contributed by atoms with Crippen molar-refractivity contribution in [2.24, 2.45) is 7.05 Å². The van der Waals surface area contributed by atoms with Gasteiger partial charge in [-0.25, -0.2) is 4.98 Å². The molecular weight excluding hydrogens is 254 g/mol. The van der Waals surface area contributed by atoms with Crippen LogP contribution >= 0.6 is 11.8 Å². The normalized spacial score (nSPS) is 10.8. The van der Waals surface area contributed by atoms with E-state index in [2.05, 4.69) is 15.2 Å². The Labute approximate surface area is 108 Å². The summed E-state index contributed by atoms with van der Waals surface area (Å²) in [6, 6.07) is 0. The Morgan fingerprint density at radius 3 is 2.83 bits per heavy atom. The second-order valence-corrected chi connectivity index (χ2v) is 4.60. The molecule has 2 aromatic heterocycles. The van der Waals surface area contributed by atoms with Gasteiger partial charge in [0.25, 0.3) is 0 Å². The second kappa shape index (κ2) is 5.21. The van der Waals surface area contributed by atoms with Crippen molar-refractivity contribution < 1.29 is 9.90 Å². The smallest absolute Gasteiger partial charge is 0.313 e. The Bertz CT molecular complexity index is 562. The summed E-state index contributed by atoms with van der Waals surface area (Å²) in [7, 11) is 1.88. The fourth-order valence-electron chi connectivity index (χ4n) is 1.52. The van der Waals surface area contributed by atoms with E-state index < -0.39 is 5.97 Å². The first kappa shape index (κ1) is 12.6. The molecule has 0 atom stereocenters. The fraction of sp³-hybridized carbons (Fsp3) is 0.400. The van der Waals surface area contributed by atoms with Crippen LogP contribution in [-0.4, -0.2) is 41.1 Å². The molecule has 2 rings (SSSR count). The van der Waals surface area contributed by atoms with Gasteiger partial charge in [0.05, 0.1) is 12.1 Å². The first-order chi connectivity index (χ1) is 8.61. The number of aromatic nitrogens is 5. The van der Waals surface area contributed by atoms with E-state index in [1.807, 2.05) is 29.3 Å². The number of hydrogen-bond donors (Lipinski definition) is 1. The first-order valence-corrected chi connectivity index (χ1v) is 6.36. The zero-order valence-corrected chi connectivity index (χ0v) is 10.9. The lowest BCUT2D eigenvalue weighted by Gasteiger charge is -2.04. The highest BCUT2D eigenvalue weighted by Crippen LogP contribution is 2.22. The summed E-state index contributed by atoms with van der Waals surface area (Å²) in [4.78, 5) is 14.8. The van der Waals surface area contributed by atoms with Crippen molar-refractivity contribution in [2.45, 2.75) is 18.6 Å². The standard InChI is InChI=1S/C10H13N5O2S/c1-3-15-9(7-4-14(2)6-11-7)12-13-10(15)18-5-8(16)17/h4,6H,3,5H2,1-2H3,(H,16,17). The number of carboxylic acid groups (broad SMARTS) is 1. The Balaban J connectivity index is 2.29. The number of aryl methyl sites for hydroxylation is 1. The lowest BCUT2D eigenvalue weighted by atomic mass is 10.4. The molecule has 0 aliphatic carbocycles. The van der Waals surface area contributed by atoms with Crippen LogP contribution in [-0.2, 0) is 18.4 Å². The van der Waals surface area contributed by atoms with Crippen molar-refractivity contribution >= 4 is 17.7 Å². The van der Waals surface area contributed by atoms with Crippen LogP contribution in [0.4, 0.5) is 0 Å². The number of hydrogen-bond acceptors (Lipinski definition) is 5. The summed E-state index contributed by atoms with van der Waals surface area (Å²) in [6.07, 6.45) is 3.54. The molecule has 0 radical (unpaired) electrons. The summed E-state index contributed by atoms with van der Waals surface area (Å²) in [5.41, 5.74) is 0.731. The molecule has 18 heavy (non-hydrogen) atoms. The van der Waals surface area contributed by atoms with Crippen molar-refractivity contribution in [1.82, 2.24) is 24.3 Å². The Hall–Kier alpha value is -1.83.